The second-order valence-electron chi connectivity index (χ2n) is 7.03. The minimum atomic E-state index is -3.11. The standard InChI is InChI=1S/C20H23N3O4S/c1-13-6-4-5-7-16(13)18-9-8-17(19(22-18)23(3)14(2)24)20(25)21-15-10-11-28(26,27)12-15/h4-9,15H,10-12H2,1-3H3,(H,21,25). The van der Waals surface area contributed by atoms with Crippen molar-refractivity contribution in [3.8, 4) is 11.3 Å². The number of nitrogens with zero attached hydrogens (tertiary/aromatic N) is 2. The molecule has 8 heteroatoms. The fourth-order valence-corrected chi connectivity index (χ4v) is 4.89. The first kappa shape index (κ1) is 20.0. The van der Waals surface area contributed by atoms with Gasteiger partial charge in [0.25, 0.3) is 5.91 Å². The quantitative estimate of drug-likeness (QED) is 0.845. The molecule has 1 fully saturated rings. The van der Waals surface area contributed by atoms with E-state index in [2.05, 4.69) is 10.3 Å². The van der Waals surface area contributed by atoms with Crippen LogP contribution in [0.1, 0.15) is 29.3 Å². The molecule has 1 aromatic carbocycles. The number of hydrogen-bond acceptors (Lipinski definition) is 5. The van der Waals surface area contributed by atoms with Gasteiger partial charge in [0.1, 0.15) is 5.82 Å². The monoisotopic (exact) mass is 401 g/mol. The van der Waals surface area contributed by atoms with Crippen LogP contribution in [0.15, 0.2) is 36.4 Å². The van der Waals surface area contributed by atoms with E-state index in [0.717, 1.165) is 11.1 Å². The van der Waals surface area contributed by atoms with Crippen LogP contribution in [0.3, 0.4) is 0 Å². The number of hydrogen-bond donors (Lipinski definition) is 1. The molecule has 148 valence electrons. The Morgan fingerprint density at radius 3 is 2.50 bits per heavy atom. The van der Waals surface area contributed by atoms with Crippen LogP contribution in [0.4, 0.5) is 5.82 Å². The number of anilines is 1. The van der Waals surface area contributed by atoms with Gasteiger partial charge in [-0.2, -0.15) is 0 Å². The summed E-state index contributed by atoms with van der Waals surface area (Å²) in [6, 6.07) is 10.7. The maximum absolute atomic E-state index is 12.8. The summed E-state index contributed by atoms with van der Waals surface area (Å²) in [5, 5.41) is 2.76. The number of carbonyl (C=O) groups is 2. The van der Waals surface area contributed by atoms with Crippen molar-refractivity contribution >= 4 is 27.5 Å². The van der Waals surface area contributed by atoms with E-state index in [0.29, 0.717) is 12.1 Å². The maximum atomic E-state index is 12.8. The molecule has 1 N–H and O–H groups in total. The topological polar surface area (TPSA) is 96.4 Å². The molecule has 28 heavy (non-hydrogen) atoms. The van der Waals surface area contributed by atoms with Gasteiger partial charge >= 0.3 is 0 Å². The summed E-state index contributed by atoms with van der Waals surface area (Å²) in [7, 11) is -1.55. The van der Waals surface area contributed by atoms with Gasteiger partial charge in [-0.1, -0.05) is 24.3 Å². The van der Waals surface area contributed by atoms with Crippen LogP contribution < -0.4 is 10.2 Å². The van der Waals surface area contributed by atoms with Crippen molar-refractivity contribution in [1.82, 2.24) is 10.3 Å². The molecule has 0 aliphatic carbocycles. The van der Waals surface area contributed by atoms with Crippen LogP contribution in [-0.4, -0.2) is 49.8 Å². The van der Waals surface area contributed by atoms with Crippen molar-refractivity contribution in [3.05, 3.63) is 47.5 Å². The summed E-state index contributed by atoms with van der Waals surface area (Å²) in [4.78, 5) is 30.6. The highest BCUT2D eigenvalue weighted by Gasteiger charge is 2.30. The van der Waals surface area contributed by atoms with E-state index in [1.807, 2.05) is 31.2 Å². The first-order valence-electron chi connectivity index (χ1n) is 9.00. The molecular formula is C20H23N3O4S. The third kappa shape index (κ3) is 4.22. The van der Waals surface area contributed by atoms with Gasteiger partial charge in [-0.15, -0.1) is 0 Å². The van der Waals surface area contributed by atoms with E-state index < -0.39 is 21.8 Å². The second kappa shape index (κ2) is 7.71. The molecule has 0 radical (unpaired) electrons. The zero-order valence-electron chi connectivity index (χ0n) is 16.1. The first-order valence-corrected chi connectivity index (χ1v) is 10.8. The normalized spacial score (nSPS) is 17.9. The number of sulfone groups is 1. The van der Waals surface area contributed by atoms with E-state index >= 15 is 0 Å². The Hall–Kier alpha value is -2.74. The highest BCUT2D eigenvalue weighted by Crippen LogP contribution is 2.26. The summed E-state index contributed by atoms with van der Waals surface area (Å²) < 4.78 is 23.3. The van der Waals surface area contributed by atoms with Crippen LogP contribution in [0.25, 0.3) is 11.3 Å². The third-order valence-electron chi connectivity index (χ3n) is 4.90. The largest absolute Gasteiger partial charge is 0.348 e. The second-order valence-corrected chi connectivity index (χ2v) is 9.26. The van der Waals surface area contributed by atoms with Crippen LogP contribution in [0.5, 0.6) is 0 Å². The molecule has 0 saturated carbocycles. The first-order chi connectivity index (χ1) is 13.2. The predicted molar refractivity (Wildman–Crippen MR) is 108 cm³/mol. The molecule has 3 rings (SSSR count). The number of aromatic nitrogens is 1. The molecule has 1 unspecified atom stereocenters. The number of benzene rings is 1. The van der Waals surface area contributed by atoms with Crippen molar-refractivity contribution in [3.63, 3.8) is 0 Å². The Bertz CT molecular complexity index is 1030. The Kier molecular flexibility index (Phi) is 5.51. The van der Waals surface area contributed by atoms with Gasteiger partial charge in [0.2, 0.25) is 5.91 Å². The van der Waals surface area contributed by atoms with E-state index in [4.69, 9.17) is 0 Å². The molecule has 0 spiro atoms. The van der Waals surface area contributed by atoms with E-state index in [1.54, 1.807) is 19.2 Å². The van der Waals surface area contributed by atoms with Crippen molar-refractivity contribution in [2.24, 2.45) is 0 Å². The molecular weight excluding hydrogens is 378 g/mol. The minimum Gasteiger partial charge on any atom is -0.348 e. The van der Waals surface area contributed by atoms with Gasteiger partial charge in [0.15, 0.2) is 9.84 Å². The van der Waals surface area contributed by atoms with Gasteiger partial charge in [0, 0.05) is 25.6 Å². The van der Waals surface area contributed by atoms with E-state index in [-0.39, 0.29) is 28.8 Å². The summed E-state index contributed by atoms with van der Waals surface area (Å²) in [6.45, 7) is 3.36. The lowest BCUT2D eigenvalue weighted by atomic mass is 10.0. The zero-order valence-corrected chi connectivity index (χ0v) is 16.9. The average molecular weight is 401 g/mol. The number of aryl methyl sites for hydroxylation is 1. The van der Waals surface area contributed by atoms with Gasteiger partial charge < -0.3 is 5.32 Å². The Labute approximate surface area is 164 Å². The average Bonchev–Trinajstić information content (AvgIpc) is 2.99. The van der Waals surface area contributed by atoms with Crippen LogP contribution in [0.2, 0.25) is 0 Å². The molecule has 1 atom stereocenters. The lowest BCUT2D eigenvalue weighted by Crippen LogP contribution is -2.37. The zero-order chi connectivity index (χ0) is 20.5. The highest BCUT2D eigenvalue weighted by molar-refractivity contribution is 7.91. The highest BCUT2D eigenvalue weighted by atomic mass is 32.2. The maximum Gasteiger partial charge on any atom is 0.255 e. The van der Waals surface area contributed by atoms with Crippen molar-refractivity contribution in [2.75, 3.05) is 23.5 Å². The number of nitrogens with one attached hydrogen (secondary N) is 1. The third-order valence-corrected chi connectivity index (χ3v) is 6.67. The van der Waals surface area contributed by atoms with Crippen LogP contribution in [-0.2, 0) is 14.6 Å². The summed E-state index contributed by atoms with van der Waals surface area (Å²) in [5.41, 5.74) is 2.83. The fourth-order valence-electron chi connectivity index (χ4n) is 3.21. The van der Waals surface area contributed by atoms with Gasteiger partial charge in [-0.3, -0.25) is 14.5 Å². The van der Waals surface area contributed by atoms with Gasteiger partial charge in [-0.25, -0.2) is 13.4 Å². The van der Waals surface area contributed by atoms with Crippen LogP contribution in [0, 0.1) is 6.92 Å². The lowest BCUT2D eigenvalue weighted by molar-refractivity contribution is -0.116. The van der Waals surface area contributed by atoms with Crippen molar-refractivity contribution in [2.45, 2.75) is 26.3 Å². The SMILES string of the molecule is CC(=O)N(C)c1nc(-c2ccccc2C)ccc1C(=O)NC1CCS(=O)(=O)C1. The van der Waals surface area contributed by atoms with Gasteiger partial charge in [0.05, 0.1) is 22.8 Å². The minimum absolute atomic E-state index is 0.0641. The molecule has 1 aromatic heterocycles. The molecule has 2 heterocycles. The molecule has 7 nitrogen and oxygen atoms in total. The van der Waals surface area contributed by atoms with Crippen LogP contribution >= 0.6 is 0 Å². The molecule has 1 saturated heterocycles. The van der Waals surface area contributed by atoms with E-state index in [9.17, 15) is 18.0 Å². The van der Waals surface area contributed by atoms with Crippen molar-refractivity contribution < 1.29 is 18.0 Å². The Balaban J connectivity index is 1.97. The Morgan fingerprint density at radius 1 is 1.18 bits per heavy atom. The lowest BCUT2D eigenvalue weighted by Gasteiger charge is -2.20. The summed E-state index contributed by atoms with van der Waals surface area (Å²) in [6.07, 6.45) is 0.390. The number of rotatable bonds is 4. The van der Waals surface area contributed by atoms with E-state index in [1.165, 1.54) is 11.8 Å². The number of carbonyl (C=O) groups excluding carboxylic acids is 2. The fraction of sp³-hybridized carbons (Fsp3) is 0.350. The Morgan fingerprint density at radius 2 is 1.89 bits per heavy atom. The summed E-state index contributed by atoms with van der Waals surface area (Å²) >= 11 is 0. The number of pyridine rings is 1. The number of amides is 2. The molecule has 0 bridgehead atoms. The molecule has 2 aromatic rings. The molecule has 1 aliphatic rings. The molecule has 2 amide bonds. The summed E-state index contributed by atoms with van der Waals surface area (Å²) in [5.74, 6) is -0.443. The van der Waals surface area contributed by atoms with Crippen molar-refractivity contribution in [1.29, 1.82) is 0 Å². The predicted octanol–water partition coefficient (Wildman–Crippen LogP) is 1.96. The molecule has 1 aliphatic heterocycles. The smallest absolute Gasteiger partial charge is 0.255 e. The van der Waals surface area contributed by atoms with Gasteiger partial charge in [-0.05, 0) is 31.0 Å².